The molecule has 1 atom stereocenters. The van der Waals surface area contributed by atoms with Gasteiger partial charge in [0.15, 0.2) is 0 Å². The number of hydrogen-bond acceptors (Lipinski definition) is 3. The first-order valence-electron chi connectivity index (χ1n) is 6.08. The predicted octanol–water partition coefficient (Wildman–Crippen LogP) is 3.72. The molecular formula is C13H23NS2. The minimum absolute atomic E-state index is 0.602. The molecule has 0 aliphatic carbocycles. The highest BCUT2D eigenvalue weighted by Crippen LogP contribution is 2.16. The lowest BCUT2D eigenvalue weighted by atomic mass is 10.2. The molecule has 0 bridgehead atoms. The molecule has 0 saturated carbocycles. The number of rotatable bonds is 8. The Labute approximate surface area is 108 Å². The van der Waals surface area contributed by atoms with E-state index in [1.165, 1.54) is 34.1 Å². The van der Waals surface area contributed by atoms with Crippen LogP contribution in [-0.2, 0) is 6.42 Å². The Morgan fingerprint density at radius 1 is 1.44 bits per heavy atom. The van der Waals surface area contributed by atoms with Crippen LogP contribution >= 0.6 is 23.1 Å². The van der Waals surface area contributed by atoms with Crippen LogP contribution in [0.1, 0.15) is 30.0 Å². The van der Waals surface area contributed by atoms with Crippen molar-refractivity contribution in [1.29, 1.82) is 0 Å². The fourth-order valence-corrected chi connectivity index (χ4v) is 3.29. The Hall–Kier alpha value is 0.01000. The molecule has 1 heterocycles. The van der Waals surface area contributed by atoms with Crippen LogP contribution in [0.5, 0.6) is 0 Å². The van der Waals surface area contributed by atoms with Crippen LogP contribution < -0.4 is 5.32 Å². The third-order valence-corrected chi connectivity index (χ3v) is 4.47. The lowest BCUT2D eigenvalue weighted by molar-refractivity contribution is 0.548. The molecule has 0 aliphatic heterocycles. The minimum atomic E-state index is 0.602. The van der Waals surface area contributed by atoms with Crippen molar-refractivity contribution in [3.05, 3.63) is 21.9 Å². The minimum Gasteiger partial charge on any atom is -0.314 e. The summed E-state index contributed by atoms with van der Waals surface area (Å²) in [5.74, 6) is 2.53. The van der Waals surface area contributed by atoms with Crippen molar-refractivity contribution in [2.45, 2.75) is 39.7 Å². The van der Waals surface area contributed by atoms with E-state index in [-0.39, 0.29) is 0 Å². The molecule has 1 aromatic rings. The summed E-state index contributed by atoms with van der Waals surface area (Å²) in [4.78, 5) is 2.92. The number of hydrogen-bond donors (Lipinski definition) is 1. The molecule has 92 valence electrons. The average molecular weight is 257 g/mol. The van der Waals surface area contributed by atoms with Crippen LogP contribution in [0.4, 0.5) is 0 Å². The standard InChI is InChI=1S/C13H23NS2/c1-4-15-9-5-8-14-11(2)10-13-7-6-12(3)16-13/h6-7,11,14H,4-5,8-10H2,1-3H3. The van der Waals surface area contributed by atoms with Crippen LogP contribution in [0.3, 0.4) is 0 Å². The van der Waals surface area contributed by atoms with Crippen molar-refractivity contribution in [3.63, 3.8) is 0 Å². The first-order valence-corrected chi connectivity index (χ1v) is 8.06. The molecule has 0 spiro atoms. The van der Waals surface area contributed by atoms with E-state index in [4.69, 9.17) is 0 Å². The number of aryl methyl sites for hydroxylation is 1. The van der Waals surface area contributed by atoms with Gasteiger partial charge in [-0.15, -0.1) is 11.3 Å². The van der Waals surface area contributed by atoms with E-state index in [0.29, 0.717) is 6.04 Å². The van der Waals surface area contributed by atoms with Crippen LogP contribution in [0.25, 0.3) is 0 Å². The van der Waals surface area contributed by atoms with Gasteiger partial charge in [0, 0.05) is 15.8 Å². The van der Waals surface area contributed by atoms with E-state index in [2.05, 4.69) is 38.2 Å². The van der Waals surface area contributed by atoms with Gasteiger partial charge in [0.2, 0.25) is 0 Å². The Morgan fingerprint density at radius 3 is 2.88 bits per heavy atom. The van der Waals surface area contributed by atoms with Gasteiger partial charge in [0.1, 0.15) is 0 Å². The molecule has 1 N–H and O–H groups in total. The maximum Gasteiger partial charge on any atom is 0.00870 e. The lowest BCUT2D eigenvalue weighted by Gasteiger charge is -2.12. The molecular weight excluding hydrogens is 234 g/mol. The molecule has 1 aromatic heterocycles. The highest BCUT2D eigenvalue weighted by Gasteiger charge is 2.04. The molecule has 0 radical (unpaired) electrons. The molecule has 0 amide bonds. The molecule has 1 rings (SSSR count). The van der Waals surface area contributed by atoms with Crippen LogP contribution in [0.2, 0.25) is 0 Å². The first kappa shape index (κ1) is 14.1. The van der Waals surface area contributed by atoms with Crippen molar-refractivity contribution < 1.29 is 0 Å². The fourth-order valence-electron chi connectivity index (χ4n) is 1.64. The second-order valence-electron chi connectivity index (χ2n) is 4.12. The van der Waals surface area contributed by atoms with Gasteiger partial charge >= 0.3 is 0 Å². The smallest absolute Gasteiger partial charge is 0.00870 e. The first-order chi connectivity index (χ1) is 7.72. The second kappa shape index (κ2) is 8.15. The van der Waals surface area contributed by atoms with Crippen molar-refractivity contribution >= 4 is 23.1 Å². The second-order valence-corrected chi connectivity index (χ2v) is 6.89. The summed E-state index contributed by atoms with van der Waals surface area (Å²) in [7, 11) is 0. The van der Waals surface area contributed by atoms with Crippen molar-refractivity contribution in [2.75, 3.05) is 18.1 Å². The Balaban J connectivity index is 2.09. The highest BCUT2D eigenvalue weighted by molar-refractivity contribution is 7.99. The van der Waals surface area contributed by atoms with Gasteiger partial charge in [-0.25, -0.2) is 0 Å². The van der Waals surface area contributed by atoms with Crippen molar-refractivity contribution in [3.8, 4) is 0 Å². The van der Waals surface area contributed by atoms with Crippen LogP contribution in [-0.4, -0.2) is 24.1 Å². The predicted molar refractivity (Wildman–Crippen MR) is 77.8 cm³/mol. The van der Waals surface area contributed by atoms with Crippen LogP contribution in [0, 0.1) is 6.92 Å². The number of nitrogens with one attached hydrogen (secondary N) is 1. The molecule has 3 heteroatoms. The highest BCUT2D eigenvalue weighted by atomic mass is 32.2. The molecule has 0 aromatic carbocycles. The topological polar surface area (TPSA) is 12.0 Å². The molecule has 0 aliphatic rings. The van der Waals surface area contributed by atoms with E-state index in [1.807, 2.05) is 23.1 Å². The van der Waals surface area contributed by atoms with E-state index in [0.717, 1.165) is 6.54 Å². The number of thioether (sulfide) groups is 1. The molecule has 0 fully saturated rings. The van der Waals surface area contributed by atoms with Gasteiger partial charge in [-0.1, -0.05) is 6.92 Å². The molecule has 1 unspecified atom stereocenters. The van der Waals surface area contributed by atoms with E-state index >= 15 is 0 Å². The van der Waals surface area contributed by atoms with Gasteiger partial charge in [-0.3, -0.25) is 0 Å². The Morgan fingerprint density at radius 2 is 2.25 bits per heavy atom. The van der Waals surface area contributed by atoms with E-state index < -0.39 is 0 Å². The number of thiophene rings is 1. The van der Waals surface area contributed by atoms with Crippen LogP contribution in [0.15, 0.2) is 12.1 Å². The summed E-state index contributed by atoms with van der Waals surface area (Å²) in [5.41, 5.74) is 0. The third kappa shape index (κ3) is 5.92. The SMILES string of the molecule is CCSCCCNC(C)Cc1ccc(C)s1. The summed E-state index contributed by atoms with van der Waals surface area (Å²) in [6.45, 7) is 7.83. The van der Waals surface area contributed by atoms with Crippen molar-refractivity contribution in [2.24, 2.45) is 0 Å². The van der Waals surface area contributed by atoms with Gasteiger partial charge in [0.25, 0.3) is 0 Å². The monoisotopic (exact) mass is 257 g/mol. The Kier molecular flexibility index (Phi) is 7.17. The maximum absolute atomic E-state index is 3.59. The fraction of sp³-hybridized carbons (Fsp3) is 0.692. The van der Waals surface area contributed by atoms with Gasteiger partial charge in [-0.05, 0) is 56.9 Å². The molecule has 1 nitrogen and oxygen atoms in total. The summed E-state index contributed by atoms with van der Waals surface area (Å²) < 4.78 is 0. The third-order valence-electron chi connectivity index (χ3n) is 2.47. The van der Waals surface area contributed by atoms with Gasteiger partial charge < -0.3 is 5.32 Å². The zero-order valence-corrected chi connectivity index (χ0v) is 12.2. The van der Waals surface area contributed by atoms with Gasteiger partial charge in [-0.2, -0.15) is 11.8 Å². The normalized spacial score (nSPS) is 12.9. The largest absolute Gasteiger partial charge is 0.314 e. The summed E-state index contributed by atoms with van der Waals surface area (Å²) in [6.07, 6.45) is 2.45. The summed E-state index contributed by atoms with van der Waals surface area (Å²) >= 11 is 3.95. The van der Waals surface area contributed by atoms with Crippen molar-refractivity contribution in [1.82, 2.24) is 5.32 Å². The molecule has 0 saturated heterocycles. The van der Waals surface area contributed by atoms with E-state index in [1.54, 1.807) is 0 Å². The summed E-state index contributed by atoms with van der Waals surface area (Å²) in [6, 6.07) is 5.07. The average Bonchev–Trinajstić information content (AvgIpc) is 2.63. The maximum atomic E-state index is 3.59. The zero-order chi connectivity index (χ0) is 11.8. The van der Waals surface area contributed by atoms with Gasteiger partial charge in [0.05, 0.1) is 0 Å². The lowest BCUT2D eigenvalue weighted by Crippen LogP contribution is -2.28. The molecule has 16 heavy (non-hydrogen) atoms. The summed E-state index contributed by atoms with van der Waals surface area (Å²) in [5, 5.41) is 3.59. The zero-order valence-electron chi connectivity index (χ0n) is 10.6. The van der Waals surface area contributed by atoms with E-state index in [9.17, 15) is 0 Å². The Bertz CT molecular complexity index is 283. The quantitative estimate of drug-likeness (QED) is 0.712.